The molecule has 2 aliphatic heterocycles. The maximum Gasteiger partial charge on any atom is 0.0808 e. The van der Waals surface area contributed by atoms with Crippen molar-refractivity contribution in [1.82, 2.24) is 5.32 Å². The number of hydrogen-bond acceptors (Lipinski definition) is 4. The number of nitrogens with one attached hydrogen (secondary N) is 1. The van der Waals surface area contributed by atoms with Gasteiger partial charge in [-0.2, -0.15) is 0 Å². The van der Waals surface area contributed by atoms with Crippen LogP contribution in [0.15, 0.2) is 0 Å². The Morgan fingerprint density at radius 3 is 2.94 bits per heavy atom. The SMILES string of the molecule is C1CCC(COCCNCC2CCOC2)OC1. The fraction of sp³-hybridized carbons (Fsp3) is 1.00. The predicted octanol–water partition coefficient (Wildman–Crippen LogP) is 1.20. The lowest BCUT2D eigenvalue weighted by molar-refractivity contribution is -0.0399. The van der Waals surface area contributed by atoms with Crippen LogP contribution in [0, 0.1) is 5.92 Å². The van der Waals surface area contributed by atoms with E-state index in [1.54, 1.807) is 0 Å². The average Bonchev–Trinajstić information content (AvgIpc) is 2.88. The molecule has 4 heteroatoms. The summed E-state index contributed by atoms with van der Waals surface area (Å²) >= 11 is 0. The van der Waals surface area contributed by atoms with Crippen LogP contribution in [0.4, 0.5) is 0 Å². The predicted molar refractivity (Wildman–Crippen MR) is 66.2 cm³/mol. The van der Waals surface area contributed by atoms with Crippen molar-refractivity contribution >= 4 is 0 Å². The minimum Gasteiger partial charge on any atom is -0.381 e. The second-order valence-corrected chi connectivity index (χ2v) is 5.00. The van der Waals surface area contributed by atoms with Crippen molar-refractivity contribution in [3.05, 3.63) is 0 Å². The average molecular weight is 243 g/mol. The zero-order chi connectivity index (χ0) is 11.8. The number of hydrogen-bond donors (Lipinski definition) is 1. The van der Waals surface area contributed by atoms with E-state index in [2.05, 4.69) is 5.32 Å². The van der Waals surface area contributed by atoms with Gasteiger partial charge in [0.1, 0.15) is 0 Å². The van der Waals surface area contributed by atoms with Crippen LogP contribution in [0.2, 0.25) is 0 Å². The molecule has 2 heterocycles. The van der Waals surface area contributed by atoms with E-state index in [0.29, 0.717) is 12.0 Å². The third-order valence-corrected chi connectivity index (χ3v) is 3.46. The molecule has 2 atom stereocenters. The van der Waals surface area contributed by atoms with E-state index >= 15 is 0 Å². The molecule has 2 saturated heterocycles. The van der Waals surface area contributed by atoms with Crippen LogP contribution in [0.25, 0.3) is 0 Å². The summed E-state index contributed by atoms with van der Waals surface area (Å²) in [6, 6.07) is 0. The molecule has 0 spiro atoms. The monoisotopic (exact) mass is 243 g/mol. The van der Waals surface area contributed by atoms with E-state index in [-0.39, 0.29) is 0 Å². The molecular weight excluding hydrogens is 218 g/mol. The summed E-state index contributed by atoms with van der Waals surface area (Å²) in [7, 11) is 0. The maximum atomic E-state index is 5.62. The first kappa shape index (κ1) is 13.3. The Balaban J connectivity index is 1.38. The molecule has 2 unspecified atom stereocenters. The molecule has 0 aromatic heterocycles. The van der Waals surface area contributed by atoms with Crippen molar-refractivity contribution in [3.8, 4) is 0 Å². The molecule has 0 bridgehead atoms. The topological polar surface area (TPSA) is 39.7 Å². The molecule has 2 fully saturated rings. The molecule has 2 rings (SSSR count). The maximum absolute atomic E-state index is 5.62. The van der Waals surface area contributed by atoms with Crippen molar-refractivity contribution in [3.63, 3.8) is 0 Å². The molecular formula is C13H25NO3. The van der Waals surface area contributed by atoms with E-state index in [1.807, 2.05) is 0 Å². The summed E-state index contributed by atoms with van der Waals surface area (Å²) in [4.78, 5) is 0. The highest BCUT2D eigenvalue weighted by molar-refractivity contribution is 4.66. The minimum atomic E-state index is 0.340. The summed E-state index contributed by atoms with van der Waals surface area (Å²) in [5.41, 5.74) is 0. The molecule has 0 radical (unpaired) electrons. The van der Waals surface area contributed by atoms with Gasteiger partial charge < -0.3 is 19.5 Å². The highest BCUT2D eigenvalue weighted by atomic mass is 16.5. The Bertz CT molecular complexity index is 189. The molecule has 0 saturated carbocycles. The lowest BCUT2D eigenvalue weighted by Crippen LogP contribution is -2.29. The first-order valence-electron chi connectivity index (χ1n) is 6.93. The van der Waals surface area contributed by atoms with Crippen molar-refractivity contribution in [2.45, 2.75) is 31.8 Å². The van der Waals surface area contributed by atoms with Gasteiger partial charge in [0, 0.05) is 26.3 Å². The quantitative estimate of drug-likeness (QED) is 0.682. The summed E-state index contributed by atoms with van der Waals surface area (Å²) in [5, 5.41) is 3.42. The van der Waals surface area contributed by atoms with Crippen LogP contribution in [-0.4, -0.2) is 52.2 Å². The largest absolute Gasteiger partial charge is 0.381 e. The van der Waals surface area contributed by atoms with E-state index < -0.39 is 0 Å². The van der Waals surface area contributed by atoms with Gasteiger partial charge in [-0.05, 0) is 31.6 Å². The zero-order valence-corrected chi connectivity index (χ0v) is 10.7. The number of rotatable bonds is 7. The van der Waals surface area contributed by atoms with Crippen LogP contribution in [0.3, 0.4) is 0 Å². The Hall–Kier alpha value is -0.160. The highest BCUT2D eigenvalue weighted by Gasteiger charge is 2.15. The molecule has 100 valence electrons. The summed E-state index contributed by atoms with van der Waals surface area (Å²) in [6.07, 6.45) is 5.19. The van der Waals surface area contributed by atoms with Crippen LogP contribution in [0.1, 0.15) is 25.7 Å². The van der Waals surface area contributed by atoms with Crippen molar-refractivity contribution in [2.75, 3.05) is 46.1 Å². The molecule has 4 nitrogen and oxygen atoms in total. The standard InChI is InChI=1S/C13H25NO3/c1-2-6-17-13(3-1)11-16-8-5-14-9-12-4-7-15-10-12/h12-14H,1-11H2. The normalized spacial score (nSPS) is 29.6. The van der Waals surface area contributed by atoms with E-state index in [4.69, 9.17) is 14.2 Å². The Morgan fingerprint density at radius 1 is 1.18 bits per heavy atom. The van der Waals surface area contributed by atoms with Gasteiger partial charge in [0.25, 0.3) is 0 Å². The molecule has 0 amide bonds. The third-order valence-electron chi connectivity index (χ3n) is 3.46. The second kappa shape index (κ2) is 8.03. The molecule has 2 aliphatic rings. The molecule has 0 aromatic rings. The van der Waals surface area contributed by atoms with Crippen LogP contribution < -0.4 is 5.32 Å². The van der Waals surface area contributed by atoms with E-state index in [9.17, 15) is 0 Å². The summed E-state index contributed by atoms with van der Waals surface area (Å²) < 4.78 is 16.5. The van der Waals surface area contributed by atoms with Crippen molar-refractivity contribution < 1.29 is 14.2 Å². The minimum absolute atomic E-state index is 0.340. The smallest absolute Gasteiger partial charge is 0.0808 e. The fourth-order valence-electron chi connectivity index (χ4n) is 2.35. The van der Waals surface area contributed by atoms with Gasteiger partial charge in [0.2, 0.25) is 0 Å². The molecule has 0 aromatic carbocycles. The van der Waals surface area contributed by atoms with Crippen molar-refractivity contribution in [1.29, 1.82) is 0 Å². The Morgan fingerprint density at radius 2 is 2.18 bits per heavy atom. The molecule has 0 aliphatic carbocycles. The van der Waals surface area contributed by atoms with E-state index in [0.717, 1.165) is 52.5 Å². The van der Waals surface area contributed by atoms with Gasteiger partial charge in [-0.3, -0.25) is 0 Å². The molecule has 17 heavy (non-hydrogen) atoms. The van der Waals surface area contributed by atoms with Gasteiger partial charge in [-0.1, -0.05) is 0 Å². The first-order chi connectivity index (χ1) is 8.45. The lowest BCUT2D eigenvalue weighted by atomic mass is 10.1. The van der Waals surface area contributed by atoms with Gasteiger partial charge >= 0.3 is 0 Å². The van der Waals surface area contributed by atoms with Crippen molar-refractivity contribution in [2.24, 2.45) is 5.92 Å². The van der Waals surface area contributed by atoms with Crippen LogP contribution >= 0.6 is 0 Å². The highest BCUT2D eigenvalue weighted by Crippen LogP contribution is 2.12. The fourth-order valence-corrected chi connectivity index (χ4v) is 2.35. The third kappa shape index (κ3) is 5.34. The number of ether oxygens (including phenoxy) is 3. The van der Waals surface area contributed by atoms with Gasteiger partial charge in [-0.15, -0.1) is 0 Å². The summed E-state index contributed by atoms with van der Waals surface area (Å²) in [5.74, 6) is 0.705. The molecule has 1 N–H and O–H groups in total. The first-order valence-corrected chi connectivity index (χ1v) is 6.93. The van der Waals surface area contributed by atoms with Gasteiger partial charge in [0.05, 0.1) is 25.9 Å². The Labute approximate surface area is 104 Å². The van der Waals surface area contributed by atoms with Gasteiger partial charge in [0.15, 0.2) is 0 Å². The summed E-state index contributed by atoms with van der Waals surface area (Å²) in [6.45, 7) is 6.30. The second-order valence-electron chi connectivity index (χ2n) is 5.00. The van der Waals surface area contributed by atoms with E-state index in [1.165, 1.54) is 19.3 Å². The van der Waals surface area contributed by atoms with Gasteiger partial charge in [-0.25, -0.2) is 0 Å². The Kier molecular flexibility index (Phi) is 6.27. The van der Waals surface area contributed by atoms with Crippen LogP contribution in [-0.2, 0) is 14.2 Å². The zero-order valence-electron chi connectivity index (χ0n) is 10.7. The lowest BCUT2D eigenvalue weighted by Gasteiger charge is -2.22. The van der Waals surface area contributed by atoms with Crippen LogP contribution in [0.5, 0.6) is 0 Å².